The highest BCUT2D eigenvalue weighted by atomic mass is 16.5. The molecule has 0 fully saturated rings. The molecule has 4 nitrogen and oxygen atoms in total. The van der Waals surface area contributed by atoms with Crippen molar-refractivity contribution in [3.63, 3.8) is 0 Å². The maximum absolute atomic E-state index is 5.98. The van der Waals surface area contributed by atoms with Crippen LogP contribution < -0.4 is 14.8 Å². The van der Waals surface area contributed by atoms with E-state index in [1.165, 1.54) is 0 Å². The smallest absolute Gasteiger partial charge is 0.165 e. The first-order valence-corrected chi connectivity index (χ1v) is 7.47. The molecule has 0 aliphatic carbocycles. The van der Waals surface area contributed by atoms with E-state index < -0.39 is 0 Å². The van der Waals surface area contributed by atoms with Crippen molar-refractivity contribution in [1.82, 2.24) is 5.32 Å². The van der Waals surface area contributed by atoms with Gasteiger partial charge in [-0.2, -0.15) is 0 Å². The Bertz CT molecular complexity index is 430. The molecule has 0 saturated heterocycles. The first-order valence-electron chi connectivity index (χ1n) is 7.47. The summed E-state index contributed by atoms with van der Waals surface area (Å²) in [6.45, 7) is 9.72. The third-order valence-corrected chi connectivity index (χ3v) is 3.48. The minimum absolute atomic E-state index is 0.182. The van der Waals surface area contributed by atoms with E-state index in [9.17, 15) is 0 Å². The molecule has 0 heterocycles. The molecule has 1 N–H and O–H groups in total. The lowest BCUT2D eigenvalue weighted by Gasteiger charge is -2.23. The molecule has 1 aromatic rings. The molecule has 0 aliphatic heterocycles. The van der Waals surface area contributed by atoms with Gasteiger partial charge in [0.25, 0.3) is 0 Å². The fourth-order valence-corrected chi connectivity index (χ4v) is 1.84. The van der Waals surface area contributed by atoms with E-state index >= 15 is 0 Å². The molecular formula is C17H29NO3. The number of nitrogens with one attached hydrogen (secondary N) is 1. The normalized spacial score (nSPS) is 11.8. The Morgan fingerprint density at radius 3 is 2.48 bits per heavy atom. The summed E-state index contributed by atoms with van der Waals surface area (Å²) in [5.41, 5.74) is 0.927. The van der Waals surface area contributed by atoms with Gasteiger partial charge in [-0.15, -0.1) is 0 Å². The van der Waals surface area contributed by atoms with Crippen molar-refractivity contribution < 1.29 is 14.2 Å². The van der Waals surface area contributed by atoms with Crippen LogP contribution in [-0.2, 0) is 11.3 Å². The Kier molecular flexibility index (Phi) is 6.99. The topological polar surface area (TPSA) is 39.7 Å². The molecule has 21 heavy (non-hydrogen) atoms. The van der Waals surface area contributed by atoms with E-state index in [-0.39, 0.29) is 5.60 Å². The molecule has 0 aromatic heterocycles. The predicted octanol–water partition coefficient (Wildman–Crippen LogP) is 3.39. The number of ether oxygens (including phenoxy) is 3. The van der Waals surface area contributed by atoms with Gasteiger partial charge in [0.2, 0.25) is 0 Å². The zero-order valence-electron chi connectivity index (χ0n) is 14.2. The van der Waals surface area contributed by atoms with E-state index in [0.717, 1.165) is 30.0 Å². The molecular weight excluding hydrogens is 266 g/mol. The Labute approximate surface area is 128 Å². The van der Waals surface area contributed by atoms with Crippen molar-refractivity contribution >= 4 is 0 Å². The van der Waals surface area contributed by atoms with Crippen LogP contribution in [0.25, 0.3) is 0 Å². The Balaban J connectivity index is 2.77. The highest BCUT2D eigenvalue weighted by molar-refractivity contribution is 5.46. The predicted molar refractivity (Wildman–Crippen MR) is 86.2 cm³/mol. The van der Waals surface area contributed by atoms with Crippen molar-refractivity contribution in [3.8, 4) is 11.5 Å². The summed E-state index contributed by atoms with van der Waals surface area (Å²) < 4.78 is 16.8. The molecule has 0 radical (unpaired) electrons. The minimum Gasteiger partial charge on any atom is -0.493 e. The van der Waals surface area contributed by atoms with Gasteiger partial charge in [0.15, 0.2) is 11.5 Å². The van der Waals surface area contributed by atoms with Gasteiger partial charge in [-0.3, -0.25) is 0 Å². The average Bonchev–Trinajstić information content (AvgIpc) is 2.45. The SMILES string of the molecule is COc1cccc(CNC(C)C)c1OCCC(C)(C)OC. The van der Waals surface area contributed by atoms with Gasteiger partial charge < -0.3 is 19.5 Å². The second-order valence-electron chi connectivity index (χ2n) is 6.05. The Morgan fingerprint density at radius 2 is 1.90 bits per heavy atom. The summed E-state index contributed by atoms with van der Waals surface area (Å²) in [4.78, 5) is 0. The van der Waals surface area contributed by atoms with Crippen molar-refractivity contribution in [2.24, 2.45) is 0 Å². The molecule has 0 atom stereocenters. The average molecular weight is 295 g/mol. The van der Waals surface area contributed by atoms with Gasteiger partial charge in [0.05, 0.1) is 19.3 Å². The highest BCUT2D eigenvalue weighted by Gasteiger charge is 2.17. The van der Waals surface area contributed by atoms with E-state index in [1.54, 1.807) is 14.2 Å². The van der Waals surface area contributed by atoms with Crippen LogP contribution in [0.15, 0.2) is 18.2 Å². The van der Waals surface area contributed by atoms with Crippen LogP contribution >= 0.6 is 0 Å². The summed E-state index contributed by atoms with van der Waals surface area (Å²) in [6.07, 6.45) is 0.818. The molecule has 4 heteroatoms. The molecule has 0 amide bonds. The second kappa shape index (κ2) is 8.25. The molecule has 0 saturated carbocycles. The van der Waals surface area contributed by atoms with E-state index in [4.69, 9.17) is 14.2 Å². The van der Waals surface area contributed by atoms with E-state index in [1.807, 2.05) is 12.1 Å². The van der Waals surface area contributed by atoms with Gasteiger partial charge in [0.1, 0.15) is 0 Å². The fourth-order valence-electron chi connectivity index (χ4n) is 1.84. The van der Waals surface area contributed by atoms with E-state index in [0.29, 0.717) is 12.6 Å². The van der Waals surface area contributed by atoms with Gasteiger partial charge in [-0.25, -0.2) is 0 Å². The van der Waals surface area contributed by atoms with Crippen molar-refractivity contribution in [1.29, 1.82) is 0 Å². The fraction of sp³-hybridized carbons (Fsp3) is 0.647. The number of para-hydroxylation sites is 1. The van der Waals surface area contributed by atoms with Crippen LogP contribution in [0.3, 0.4) is 0 Å². The van der Waals surface area contributed by atoms with Crippen molar-refractivity contribution in [3.05, 3.63) is 23.8 Å². The first-order chi connectivity index (χ1) is 9.89. The summed E-state index contributed by atoms with van der Waals surface area (Å²) in [5.74, 6) is 1.59. The maximum Gasteiger partial charge on any atom is 0.165 e. The van der Waals surface area contributed by atoms with Crippen LogP contribution in [0.2, 0.25) is 0 Å². The van der Waals surface area contributed by atoms with Crippen molar-refractivity contribution in [2.45, 2.75) is 52.3 Å². The monoisotopic (exact) mass is 295 g/mol. The Hall–Kier alpha value is -1.26. The molecule has 1 rings (SSSR count). The molecule has 0 spiro atoms. The maximum atomic E-state index is 5.98. The molecule has 1 aromatic carbocycles. The zero-order chi connectivity index (χ0) is 15.9. The summed E-state index contributed by atoms with van der Waals surface area (Å²) in [7, 11) is 3.39. The van der Waals surface area contributed by atoms with Gasteiger partial charge in [-0.05, 0) is 19.9 Å². The lowest BCUT2D eigenvalue weighted by Crippen LogP contribution is -2.25. The molecule has 0 aliphatic rings. The van der Waals surface area contributed by atoms with Gasteiger partial charge >= 0.3 is 0 Å². The standard InChI is InChI=1S/C17H29NO3/c1-13(2)18-12-14-8-7-9-15(19-5)16(14)21-11-10-17(3,4)20-6/h7-9,13,18H,10-12H2,1-6H3. The van der Waals surface area contributed by atoms with Gasteiger partial charge in [-0.1, -0.05) is 26.0 Å². The van der Waals surface area contributed by atoms with Crippen LogP contribution in [0.4, 0.5) is 0 Å². The Morgan fingerprint density at radius 1 is 1.19 bits per heavy atom. The summed E-state index contributed by atoms with van der Waals surface area (Å²) >= 11 is 0. The summed E-state index contributed by atoms with van der Waals surface area (Å²) in [5, 5.41) is 3.41. The molecule has 0 bridgehead atoms. The number of hydrogen-bond acceptors (Lipinski definition) is 4. The summed E-state index contributed by atoms with van der Waals surface area (Å²) in [6, 6.07) is 6.41. The minimum atomic E-state index is -0.182. The number of rotatable bonds is 9. The third kappa shape index (κ3) is 5.94. The van der Waals surface area contributed by atoms with Crippen LogP contribution in [-0.4, -0.2) is 32.5 Å². The number of hydrogen-bond donors (Lipinski definition) is 1. The van der Waals surface area contributed by atoms with Gasteiger partial charge in [0, 0.05) is 31.7 Å². The first kappa shape index (κ1) is 17.8. The van der Waals surface area contributed by atoms with Crippen LogP contribution in [0.5, 0.6) is 11.5 Å². The quantitative estimate of drug-likeness (QED) is 0.758. The number of methoxy groups -OCH3 is 2. The van der Waals surface area contributed by atoms with Crippen LogP contribution in [0, 0.1) is 0 Å². The third-order valence-electron chi connectivity index (χ3n) is 3.48. The molecule has 120 valence electrons. The lowest BCUT2D eigenvalue weighted by molar-refractivity contribution is 0.00516. The second-order valence-corrected chi connectivity index (χ2v) is 6.05. The number of benzene rings is 1. The highest BCUT2D eigenvalue weighted by Crippen LogP contribution is 2.31. The van der Waals surface area contributed by atoms with E-state index in [2.05, 4.69) is 39.1 Å². The van der Waals surface area contributed by atoms with Crippen LogP contribution in [0.1, 0.15) is 39.7 Å². The molecule has 0 unspecified atom stereocenters. The zero-order valence-corrected chi connectivity index (χ0v) is 14.2. The largest absolute Gasteiger partial charge is 0.493 e. The lowest BCUT2D eigenvalue weighted by atomic mass is 10.1. The van der Waals surface area contributed by atoms with Crippen molar-refractivity contribution in [2.75, 3.05) is 20.8 Å².